The van der Waals surface area contributed by atoms with Gasteiger partial charge in [0.25, 0.3) is 0 Å². The van der Waals surface area contributed by atoms with Crippen LogP contribution in [0.5, 0.6) is 0 Å². The fraction of sp³-hybridized carbons (Fsp3) is 0.375. The predicted octanol–water partition coefficient (Wildman–Crippen LogP) is 1.07. The predicted molar refractivity (Wildman–Crippen MR) is 38.3 cm³/mol. The molecule has 0 unspecified atom stereocenters. The van der Waals surface area contributed by atoms with Crippen molar-refractivity contribution in [2.24, 2.45) is 0 Å². The monoisotopic (exact) mass is 132 g/mol. The Balaban J connectivity index is 2.38. The Hall–Kier alpha value is -1.23. The lowest BCUT2D eigenvalue weighted by Gasteiger charge is -2.00. The number of imidazole rings is 1. The van der Waals surface area contributed by atoms with Gasteiger partial charge < -0.3 is 4.98 Å². The molecular formula is C8H8N2. The van der Waals surface area contributed by atoms with Crippen LogP contribution in [0.3, 0.4) is 0 Å². The second-order valence-corrected chi connectivity index (χ2v) is 2.69. The first-order valence-electron chi connectivity index (χ1n) is 3.34. The first-order valence-corrected chi connectivity index (χ1v) is 3.34. The molecule has 50 valence electrons. The van der Waals surface area contributed by atoms with E-state index in [9.17, 15) is 0 Å². The number of hydrogen-bond donors (Lipinski definition) is 1. The maximum absolute atomic E-state index is 5.36. The molecule has 1 aromatic heterocycles. The van der Waals surface area contributed by atoms with E-state index in [1.54, 1.807) is 6.33 Å². The molecule has 1 heterocycles. The van der Waals surface area contributed by atoms with E-state index in [-0.39, 0.29) is 5.41 Å². The van der Waals surface area contributed by atoms with Crippen molar-refractivity contribution in [2.75, 3.05) is 0 Å². The highest BCUT2D eigenvalue weighted by Gasteiger charge is 2.43. The molecule has 2 nitrogen and oxygen atoms in total. The van der Waals surface area contributed by atoms with E-state index in [1.165, 1.54) is 0 Å². The van der Waals surface area contributed by atoms with E-state index in [2.05, 4.69) is 15.9 Å². The van der Waals surface area contributed by atoms with Crippen molar-refractivity contribution in [1.29, 1.82) is 0 Å². The van der Waals surface area contributed by atoms with Crippen LogP contribution in [0.1, 0.15) is 18.5 Å². The summed E-state index contributed by atoms with van der Waals surface area (Å²) in [4.78, 5) is 6.96. The number of nitrogens with zero attached hydrogens (tertiary/aromatic N) is 1. The van der Waals surface area contributed by atoms with Crippen molar-refractivity contribution in [3.8, 4) is 12.3 Å². The highest BCUT2D eigenvalue weighted by molar-refractivity contribution is 5.34. The average molecular weight is 132 g/mol. The number of H-pyrrole nitrogens is 1. The van der Waals surface area contributed by atoms with Crippen LogP contribution in [0.15, 0.2) is 12.5 Å². The fourth-order valence-corrected chi connectivity index (χ4v) is 1.13. The topological polar surface area (TPSA) is 28.7 Å². The SMILES string of the molecule is C#CC1(c2cnc[nH]2)CC1. The molecule has 2 rings (SSSR count). The van der Waals surface area contributed by atoms with E-state index < -0.39 is 0 Å². The largest absolute Gasteiger partial charge is 0.347 e. The molecule has 0 amide bonds. The summed E-state index contributed by atoms with van der Waals surface area (Å²) in [5.41, 5.74) is 1.12. The summed E-state index contributed by atoms with van der Waals surface area (Å²) in [6, 6.07) is 0. The molecule has 0 spiro atoms. The Morgan fingerprint density at radius 3 is 2.90 bits per heavy atom. The third kappa shape index (κ3) is 0.577. The van der Waals surface area contributed by atoms with Crippen molar-refractivity contribution in [2.45, 2.75) is 18.3 Å². The van der Waals surface area contributed by atoms with Gasteiger partial charge >= 0.3 is 0 Å². The molecule has 1 saturated carbocycles. The van der Waals surface area contributed by atoms with Gasteiger partial charge in [0.1, 0.15) is 0 Å². The molecule has 1 aliphatic rings. The van der Waals surface area contributed by atoms with Crippen LogP contribution in [-0.4, -0.2) is 9.97 Å². The van der Waals surface area contributed by atoms with Gasteiger partial charge in [-0.2, -0.15) is 0 Å². The van der Waals surface area contributed by atoms with Crippen LogP contribution in [-0.2, 0) is 5.41 Å². The Morgan fingerprint density at radius 1 is 1.70 bits per heavy atom. The normalized spacial score (nSPS) is 19.9. The molecule has 2 heteroatoms. The van der Waals surface area contributed by atoms with E-state index in [0.29, 0.717) is 0 Å². The molecule has 0 bridgehead atoms. The van der Waals surface area contributed by atoms with Gasteiger partial charge in [-0.3, -0.25) is 0 Å². The van der Waals surface area contributed by atoms with Crippen LogP contribution in [0.25, 0.3) is 0 Å². The van der Waals surface area contributed by atoms with Crippen molar-refractivity contribution in [3.63, 3.8) is 0 Å². The molecule has 0 radical (unpaired) electrons. The number of nitrogens with one attached hydrogen (secondary N) is 1. The highest BCUT2D eigenvalue weighted by atomic mass is 14.9. The molecule has 0 saturated heterocycles. The molecule has 0 atom stereocenters. The van der Waals surface area contributed by atoms with Crippen LogP contribution in [0.2, 0.25) is 0 Å². The summed E-state index contributed by atoms with van der Waals surface area (Å²) in [5, 5.41) is 0. The maximum atomic E-state index is 5.36. The Kier molecular flexibility index (Phi) is 0.906. The summed E-state index contributed by atoms with van der Waals surface area (Å²) < 4.78 is 0. The molecule has 1 fully saturated rings. The summed E-state index contributed by atoms with van der Waals surface area (Å²) in [6.45, 7) is 0. The van der Waals surface area contributed by atoms with Gasteiger partial charge in [-0.1, -0.05) is 5.92 Å². The fourth-order valence-electron chi connectivity index (χ4n) is 1.13. The number of aromatic nitrogens is 2. The quantitative estimate of drug-likeness (QED) is 0.569. The Labute approximate surface area is 59.7 Å². The standard InChI is InChI=1S/C8H8N2/c1-2-8(3-4-8)7-5-9-6-10-7/h1,5-6H,3-4H2,(H,9,10). The summed E-state index contributed by atoms with van der Waals surface area (Å²) in [7, 11) is 0. The molecule has 0 aliphatic heterocycles. The lowest BCUT2D eigenvalue weighted by molar-refractivity contribution is 0.885. The van der Waals surface area contributed by atoms with Gasteiger partial charge in [-0.15, -0.1) is 6.42 Å². The minimum atomic E-state index is 0.0243. The molecule has 10 heavy (non-hydrogen) atoms. The zero-order valence-corrected chi connectivity index (χ0v) is 5.59. The number of rotatable bonds is 1. The molecule has 1 aromatic rings. The Morgan fingerprint density at radius 2 is 2.50 bits per heavy atom. The van der Waals surface area contributed by atoms with Crippen LogP contribution < -0.4 is 0 Å². The van der Waals surface area contributed by atoms with Gasteiger partial charge in [0.05, 0.1) is 17.4 Å². The maximum Gasteiger partial charge on any atom is 0.0922 e. The van der Waals surface area contributed by atoms with Gasteiger partial charge in [0.2, 0.25) is 0 Å². The third-order valence-electron chi connectivity index (χ3n) is 2.04. The molecule has 1 N–H and O–H groups in total. The summed E-state index contributed by atoms with van der Waals surface area (Å²) in [5.74, 6) is 2.78. The molecule has 1 aliphatic carbocycles. The van der Waals surface area contributed by atoms with Gasteiger partial charge in [0, 0.05) is 6.20 Å². The third-order valence-corrected chi connectivity index (χ3v) is 2.04. The zero-order valence-electron chi connectivity index (χ0n) is 5.59. The van der Waals surface area contributed by atoms with E-state index in [1.807, 2.05) is 6.20 Å². The highest BCUT2D eigenvalue weighted by Crippen LogP contribution is 2.46. The second-order valence-electron chi connectivity index (χ2n) is 2.69. The van der Waals surface area contributed by atoms with Crippen LogP contribution in [0, 0.1) is 12.3 Å². The average Bonchev–Trinajstić information content (AvgIpc) is 2.58. The van der Waals surface area contributed by atoms with E-state index in [4.69, 9.17) is 6.42 Å². The van der Waals surface area contributed by atoms with E-state index >= 15 is 0 Å². The van der Waals surface area contributed by atoms with Gasteiger partial charge in [-0.25, -0.2) is 4.98 Å². The van der Waals surface area contributed by atoms with Gasteiger partial charge in [0.15, 0.2) is 0 Å². The van der Waals surface area contributed by atoms with Crippen molar-refractivity contribution >= 4 is 0 Å². The van der Waals surface area contributed by atoms with E-state index in [0.717, 1.165) is 18.5 Å². The molecular weight excluding hydrogens is 124 g/mol. The summed E-state index contributed by atoms with van der Waals surface area (Å²) >= 11 is 0. The number of terminal acetylenes is 1. The van der Waals surface area contributed by atoms with Crippen molar-refractivity contribution in [1.82, 2.24) is 9.97 Å². The smallest absolute Gasteiger partial charge is 0.0922 e. The first-order chi connectivity index (χ1) is 4.87. The number of aromatic amines is 1. The lowest BCUT2D eigenvalue weighted by Crippen LogP contribution is -2.01. The Bertz CT molecular complexity index is 262. The summed E-state index contributed by atoms with van der Waals surface area (Å²) in [6.07, 6.45) is 11.1. The minimum absolute atomic E-state index is 0.0243. The number of hydrogen-bond acceptors (Lipinski definition) is 1. The van der Waals surface area contributed by atoms with Gasteiger partial charge in [-0.05, 0) is 12.8 Å². The lowest BCUT2D eigenvalue weighted by atomic mass is 10.1. The molecule has 0 aromatic carbocycles. The van der Waals surface area contributed by atoms with Crippen LogP contribution in [0.4, 0.5) is 0 Å². The second kappa shape index (κ2) is 1.63. The zero-order chi connectivity index (χ0) is 7.03. The van der Waals surface area contributed by atoms with Crippen molar-refractivity contribution in [3.05, 3.63) is 18.2 Å². The van der Waals surface area contributed by atoms with Crippen LogP contribution >= 0.6 is 0 Å². The minimum Gasteiger partial charge on any atom is -0.347 e. The first kappa shape index (κ1) is 5.55. The van der Waals surface area contributed by atoms with Crippen molar-refractivity contribution < 1.29 is 0 Å².